The fourth-order valence-corrected chi connectivity index (χ4v) is 4.58. The normalized spacial score (nSPS) is 12.0. The third kappa shape index (κ3) is 8.99. The van der Waals surface area contributed by atoms with Crippen molar-refractivity contribution in [1.82, 2.24) is 15.6 Å². The van der Waals surface area contributed by atoms with Gasteiger partial charge in [0.15, 0.2) is 11.9 Å². The van der Waals surface area contributed by atoms with Crippen molar-refractivity contribution < 1.29 is 28.7 Å². The summed E-state index contributed by atoms with van der Waals surface area (Å²) in [5, 5.41) is 20.9. The number of amides is 4. The number of rotatable bonds is 12. The molecule has 1 heterocycles. The Bertz CT molecular complexity index is 1820. The van der Waals surface area contributed by atoms with Crippen LogP contribution >= 0.6 is 0 Å². The summed E-state index contributed by atoms with van der Waals surface area (Å²) in [5.74, 6) is -0.811. The lowest BCUT2D eigenvalue weighted by Gasteiger charge is -2.17. The summed E-state index contributed by atoms with van der Waals surface area (Å²) in [6.45, 7) is 1.39. The minimum absolute atomic E-state index is 0.143. The SMILES string of the molecule is C[C@H](NC(=O)[C@@H](O)c1ccccc1)C(=O)Nc1ccc(-c2ncc(-c3ccc(NC(=O)CNC(=O)Cc4ccccc4)cc3)o2)cc1. The predicted molar refractivity (Wildman–Crippen MR) is 177 cm³/mol. The summed E-state index contributed by atoms with van der Waals surface area (Å²) in [6, 6.07) is 30.7. The summed E-state index contributed by atoms with van der Waals surface area (Å²) >= 11 is 0. The molecule has 4 amide bonds. The molecule has 0 fully saturated rings. The van der Waals surface area contributed by atoms with E-state index in [1.807, 2.05) is 30.3 Å². The van der Waals surface area contributed by atoms with Crippen molar-refractivity contribution in [2.45, 2.75) is 25.5 Å². The fourth-order valence-electron chi connectivity index (χ4n) is 4.58. The number of oxazole rings is 1. The van der Waals surface area contributed by atoms with Crippen LogP contribution < -0.4 is 21.3 Å². The van der Waals surface area contributed by atoms with E-state index < -0.39 is 24.0 Å². The summed E-state index contributed by atoms with van der Waals surface area (Å²) in [5.41, 5.74) is 3.80. The van der Waals surface area contributed by atoms with Gasteiger partial charge < -0.3 is 30.8 Å². The second kappa shape index (κ2) is 15.3. The van der Waals surface area contributed by atoms with Crippen molar-refractivity contribution in [3.05, 3.63) is 127 Å². The molecule has 5 rings (SSSR count). The standard InChI is InChI=1S/C36H33N5O6/c1-23(39-35(46)33(44)26-10-6-3-7-11-26)34(45)41-29-18-14-27(15-19-29)36-38-21-30(47-36)25-12-16-28(17-13-25)40-32(43)22-37-31(42)20-24-8-4-2-5-9-24/h2-19,21,23,33,44H,20,22H2,1H3,(H,37,42)(H,39,46)(H,40,43)(H,41,45)/t23-,33-/m0/s1. The first kappa shape index (κ1) is 32.3. The van der Waals surface area contributed by atoms with E-state index in [4.69, 9.17) is 4.42 Å². The monoisotopic (exact) mass is 631 g/mol. The van der Waals surface area contributed by atoms with E-state index >= 15 is 0 Å². The third-order valence-corrected chi connectivity index (χ3v) is 7.13. The minimum Gasteiger partial charge on any atom is -0.436 e. The summed E-state index contributed by atoms with van der Waals surface area (Å²) in [4.78, 5) is 53.8. The Morgan fingerprint density at radius 1 is 0.723 bits per heavy atom. The highest BCUT2D eigenvalue weighted by molar-refractivity contribution is 5.98. The first-order valence-corrected chi connectivity index (χ1v) is 14.9. The molecule has 11 nitrogen and oxygen atoms in total. The molecule has 0 radical (unpaired) electrons. The molecule has 5 aromatic rings. The van der Waals surface area contributed by atoms with Crippen LogP contribution in [0.15, 0.2) is 120 Å². The number of hydrogen-bond acceptors (Lipinski definition) is 7. The fraction of sp³-hybridized carbons (Fsp3) is 0.139. The van der Waals surface area contributed by atoms with E-state index in [2.05, 4.69) is 26.3 Å². The number of nitrogens with one attached hydrogen (secondary N) is 4. The van der Waals surface area contributed by atoms with Gasteiger partial charge in [-0.1, -0.05) is 60.7 Å². The maximum atomic E-state index is 12.6. The molecular weight excluding hydrogens is 598 g/mol. The van der Waals surface area contributed by atoms with Crippen molar-refractivity contribution in [3.8, 4) is 22.8 Å². The van der Waals surface area contributed by atoms with E-state index in [1.165, 1.54) is 6.92 Å². The van der Waals surface area contributed by atoms with Gasteiger partial charge in [-0.05, 0) is 66.6 Å². The smallest absolute Gasteiger partial charge is 0.254 e. The molecule has 0 spiro atoms. The largest absolute Gasteiger partial charge is 0.436 e. The molecule has 1 aromatic heterocycles. The molecule has 0 bridgehead atoms. The topological polar surface area (TPSA) is 163 Å². The molecule has 0 aliphatic heterocycles. The molecular formula is C36H33N5O6. The molecule has 238 valence electrons. The number of carbonyl (C=O) groups excluding carboxylic acids is 4. The molecule has 0 saturated carbocycles. The van der Waals surface area contributed by atoms with Crippen molar-refractivity contribution >= 4 is 35.0 Å². The Morgan fingerprint density at radius 3 is 1.98 bits per heavy atom. The van der Waals surface area contributed by atoms with Crippen molar-refractivity contribution in [2.75, 3.05) is 17.2 Å². The lowest BCUT2D eigenvalue weighted by atomic mass is 10.1. The number of aromatic nitrogens is 1. The molecule has 2 atom stereocenters. The van der Waals surface area contributed by atoms with E-state index in [1.54, 1.807) is 85.1 Å². The number of hydrogen-bond donors (Lipinski definition) is 5. The molecule has 4 aromatic carbocycles. The first-order chi connectivity index (χ1) is 22.7. The summed E-state index contributed by atoms with van der Waals surface area (Å²) in [7, 11) is 0. The zero-order chi connectivity index (χ0) is 33.2. The molecule has 11 heteroatoms. The lowest BCUT2D eigenvalue weighted by molar-refractivity contribution is -0.132. The van der Waals surface area contributed by atoms with Gasteiger partial charge >= 0.3 is 0 Å². The predicted octanol–water partition coefficient (Wildman–Crippen LogP) is 4.48. The molecule has 47 heavy (non-hydrogen) atoms. The highest BCUT2D eigenvalue weighted by Crippen LogP contribution is 2.28. The van der Waals surface area contributed by atoms with E-state index in [-0.39, 0.29) is 24.8 Å². The highest BCUT2D eigenvalue weighted by atomic mass is 16.4. The van der Waals surface area contributed by atoms with E-state index in [0.29, 0.717) is 34.2 Å². The van der Waals surface area contributed by atoms with Gasteiger partial charge in [-0.2, -0.15) is 0 Å². The Balaban J connectivity index is 1.09. The molecule has 0 saturated heterocycles. The van der Waals surface area contributed by atoms with Crippen LogP contribution in [0.5, 0.6) is 0 Å². The van der Waals surface area contributed by atoms with Crippen molar-refractivity contribution in [2.24, 2.45) is 0 Å². The van der Waals surface area contributed by atoms with Crippen LogP contribution in [0.25, 0.3) is 22.8 Å². The lowest BCUT2D eigenvalue weighted by Crippen LogP contribution is -2.43. The van der Waals surface area contributed by atoms with Gasteiger partial charge in [0, 0.05) is 22.5 Å². The average Bonchev–Trinajstić information content (AvgIpc) is 3.59. The number of nitrogens with zero attached hydrogens (tertiary/aromatic N) is 1. The van der Waals surface area contributed by atoms with Crippen LogP contribution in [0.1, 0.15) is 24.2 Å². The Morgan fingerprint density at radius 2 is 1.32 bits per heavy atom. The second-order valence-electron chi connectivity index (χ2n) is 10.7. The molecule has 0 aliphatic rings. The second-order valence-corrected chi connectivity index (χ2v) is 10.7. The highest BCUT2D eigenvalue weighted by Gasteiger charge is 2.22. The Kier molecular flexibility index (Phi) is 10.5. The summed E-state index contributed by atoms with van der Waals surface area (Å²) < 4.78 is 5.95. The average molecular weight is 632 g/mol. The van der Waals surface area contributed by atoms with Crippen LogP contribution in [0, 0.1) is 0 Å². The van der Waals surface area contributed by atoms with Crippen molar-refractivity contribution in [3.63, 3.8) is 0 Å². The van der Waals surface area contributed by atoms with Crippen LogP contribution in [0.2, 0.25) is 0 Å². The van der Waals surface area contributed by atoms with Crippen LogP contribution in [-0.2, 0) is 25.6 Å². The van der Waals surface area contributed by atoms with Gasteiger partial charge in [-0.15, -0.1) is 0 Å². The Hall–Kier alpha value is -6.07. The van der Waals surface area contributed by atoms with Gasteiger partial charge in [0.1, 0.15) is 6.04 Å². The van der Waals surface area contributed by atoms with Crippen LogP contribution in [-0.4, -0.2) is 46.3 Å². The number of anilines is 2. The van der Waals surface area contributed by atoms with Gasteiger partial charge in [0.25, 0.3) is 5.91 Å². The molecule has 0 aliphatic carbocycles. The zero-order valence-electron chi connectivity index (χ0n) is 25.5. The van der Waals surface area contributed by atoms with Crippen LogP contribution in [0.3, 0.4) is 0 Å². The number of benzene rings is 4. The minimum atomic E-state index is -1.38. The number of aliphatic hydroxyl groups is 1. The van der Waals surface area contributed by atoms with Gasteiger partial charge in [-0.3, -0.25) is 19.2 Å². The first-order valence-electron chi connectivity index (χ1n) is 14.9. The summed E-state index contributed by atoms with van der Waals surface area (Å²) in [6.07, 6.45) is 0.409. The molecule has 0 unspecified atom stereocenters. The maximum Gasteiger partial charge on any atom is 0.254 e. The Labute approximate surface area is 271 Å². The zero-order valence-corrected chi connectivity index (χ0v) is 25.5. The van der Waals surface area contributed by atoms with Gasteiger partial charge in [-0.25, -0.2) is 4.98 Å². The molecule has 5 N–H and O–H groups in total. The van der Waals surface area contributed by atoms with Crippen molar-refractivity contribution in [1.29, 1.82) is 0 Å². The van der Waals surface area contributed by atoms with E-state index in [0.717, 1.165) is 11.1 Å². The quantitative estimate of drug-likeness (QED) is 0.136. The number of aliphatic hydroxyl groups excluding tert-OH is 1. The van der Waals surface area contributed by atoms with Gasteiger partial charge in [0.2, 0.25) is 23.6 Å². The third-order valence-electron chi connectivity index (χ3n) is 7.13. The van der Waals surface area contributed by atoms with Crippen LogP contribution in [0.4, 0.5) is 11.4 Å². The maximum absolute atomic E-state index is 12.6. The van der Waals surface area contributed by atoms with Gasteiger partial charge in [0.05, 0.1) is 19.2 Å². The number of carbonyl (C=O) groups is 4. The van der Waals surface area contributed by atoms with E-state index in [9.17, 15) is 24.3 Å².